The second-order valence-electron chi connectivity index (χ2n) is 3.95. The van der Waals surface area contributed by atoms with E-state index in [1.165, 1.54) is 0 Å². The van der Waals surface area contributed by atoms with Gasteiger partial charge in [0.1, 0.15) is 10.7 Å². The fourth-order valence-electron chi connectivity index (χ4n) is 1.53. The molecule has 1 aromatic carbocycles. The van der Waals surface area contributed by atoms with Crippen LogP contribution in [0.3, 0.4) is 0 Å². The van der Waals surface area contributed by atoms with E-state index in [2.05, 4.69) is 10.1 Å². The van der Waals surface area contributed by atoms with E-state index in [-0.39, 0.29) is 16.4 Å². The van der Waals surface area contributed by atoms with E-state index in [1.807, 2.05) is 0 Å². The highest BCUT2D eigenvalue weighted by molar-refractivity contribution is 7.99. The summed E-state index contributed by atoms with van der Waals surface area (Å²) >= 11 is 1.01. The number of benzene rings is 1. The van der Waals surface area contributed by atoms with Crippen LogP contribution >= 0.6 is 11.8 Å². The van der Waals surface area contributed by atoms with Gasteiger partial charge in [-0.05, 0) is 24.3 Å². The molecule has 0 saturated carbocycles. The van der Waals surface area contributed by atoms with Crippen LogP contribution in [-0.2, 0) is 6.18 Å². The molecular weight excluding hydrogens is 303 g/mol. The van der Waals surface area contributed by atoms with Crippen molar-refractivity contribution in [3.63, 3.8) is 0 Å². The summed E-state index contributed by atoms with van der Waals surface area (Å²) in [4.78, 5) is 4.27. The second-order valence-corrected chi connectivity index (χ2v) is 5.01. The molecule has 0 fully saturated rings. The van der Waals surface area contributed by atoms with Crippen LogP contribution in [0.15, 0.2) is 57.5 Å². The standard InChI is InChI=1S/C13H10F3N3OS/c14-13(15,16)10-7-6-9(11(17)19-20)12(18-10)21-8-4-2-1-3-5-8/h1-7,20H,(H2,17,19). The van der Waals surface area contributed by atoms with E-state index in [4.69, 9.17) is 10.9 Å². The number of oxime groups is 1. The molecule has 0 unspecified atom stereocenters. The lowest BCUT2D eigenvalue weighted by Gasteiger charge is -2.11. The third kappa shape index (κ3) is 3.66. The minimum absolute atomic E-state index is 0.0197. The number of nitrogens with two attached hydrogens (primary N) is 1. The van der Waals surface area contributed by atoms with Gasteiger partial charge in [-0.1, -0.05) is 35.1 Å². The minimum atomic E-state index is -4.56. The lowest BCUT2D eigenvalue weighted by Crippen LogP contribution is -2.17. The van der Waals surface area contributed by atoms with Crippen molar-refractivity contribution in [2.24, 2.45) is 10.9 Å². The number of hydrogen-bond acceptors (Lipinski definition) is 4. The first kappa shape index (κ1) is 15.2. The maximum absolute atomic E-state index is 12.7. The van der Waals surface area contributed by atoms with Gasteiger partial charge in [0.15, 0.2) is 5.84 Å². The Morgan fingerprint density at radius 1 is 1.14 bits per heavy atom. The van der Waals surface area contributed by atoms with Crippen LogP contribution in [0.25, 0.3) is 0 Å². The van der Waals surface area contributed by atoms with Crippen LogP contribution in [0.2, 0.25) is 0 Å². The number of hydrogen-bond donors (Lipinski definition) is 2. The maximum Gasteiger partial charge on any atom is 0.433 e. The van der Waals surface area contributed by atoms with Crippen LogP contribution in [0, 0.1) is 0 Å². The van der Waals surface area contributed by atoms with Crippen LogP contribution in [-0.4, -0.2) is 16.0 Å². The number of rotatable bonds is 3. The van der Waals surface area contributed by atoms with E-state index in [0.29, 0.717) is 4.90 Å². The Balaban J connectivity index is 2.48. The molecule has 110 valence electrons. The molecule has 2 rings (SSSR count). The average molecular weight is 313 g/mol. The summed E-state index contributed by atoms with van der Waals surface area (Å²) in [6.45, 7) is 0. The molecule has 2 aromatic rings. The highest BCUT2D eigenvalue weighted by Gasteiger charge is 2.33. The number of aromatic nitrogens is 1. The molecule has 3 N–H and O–H groups in total. The molecule has 4 nitrogen and oxygen atoms in total. The van der Waals surface area contributed by atoms with Crippen molar-refractivity contribution in [2.45, 2.75) is 16.1 Å². The lowest BCUT2D eigenvalue weighted by atomic mass is 10.2. The van der Waals surface area contributed by atoms with E-state index >= 15 is 0 Å². The molecular formula is C13H10F3N3OS. The quantitative estimate of drug-likeness (QED) is 0.394. The largest absolute Gasteiger partial charge is 0.433 e. The molecule has 1 heterocycles. The van der Waals surface area contributed by atoms with E-state index in [0.717, 1.165) is 23.9 Å². The van der Waals surface area contributed by atoms with Crippen molar-refractivity contribution >= 4 is 17.6 Å². The summed E-state index contributed by atoms with van der Waals surface area (Å²) < 4.78 is 38.2. The molecule has 0 aliphatic rings. The molecule has 0 radical (unpaired) electrons. The zero-order valence-electron chi connectivity index (χ0n) is 10.5. The molecule has 0 spiro atoms. The summed E-state index contributed by atoms with van der Waals surface area (Å²) in [5.74, 6) is -0.297. The van der Waals surface area contributed by atoms with Crippen molar-refractivity contribution < 1.29 is 18.4 Å². The third-order valence-electron chi connectivity index (χ3n) is 2.49. The van der Waals surface area contributed by atoms with Gasteiger partial charge in [-0.2, -0.15) is 13.2 Å². The maximum atomic E-state index is 12.7. The first-order chi connectivity index (χ1) is 9.91. The van der Waals surface area contributed by atoms with Crippen molar-refractivity contribution in [1.29, 1.82) is 0 Å². The molecule has 0 aliphatic heterocycles. The topological polar surface area (TPSA) is 71.5 Å². The van der Waals surface area contributed by atoms with Gasteiger partial charge in [0.05, 0.1) is 5.56 Å². The third-order valence-corrected chi connectivity index (χ3v) is 3.50. The van der Waals surface area contributed by atoms with Gasteiger partial charge >= 0.3 is 6.18 Å². The predicted octanol–water partition coefficient (Wildman–Crippen LogP) is 3.35. The Labute approximate surface area is 122 Å². The SMILES string of the molecule is NC(=NO)c1ccc(C(F)(F)F)nc1Sc1ccccc1. The van der Waals surface area contributed by atoms with Crippen molar-refractivity contribution in [2.75, 3.05) is 0 Å². The first-order valence-corrected chi connectivity index (χ1v) is 6.52. The molecule has 0 aliphatic carbocycles. The molecule has 1 aromatic heterocycles. The average Bonchev–Trinajstić information content (AvgIpc) is 2.46. The molecule has 0 bridgehead atoms. The molecule has 0 amide bonds. The van der Waals surface area contributed by atoms with E-state index in [1.54, 1.807) is 30.3 Å². The van der Waals surface area contributed by atoms with Crippen LogP contribution in [0.1, 0.15) is 11.3 Å². The predicted molar refractivity (Wildman–Crippen MR) is 72.3 cm³/mol. The normalized spacial score (nSPS) is 12.4. The zero-order valence-corrected chi connectivity index (χ0v) is 11.3. The summed E-state index contributed by atoms with van der Waals surface area (Å²) in [5, 5.41) is 11.5. The van der Waals surface area contributed by atoms with Crippen LogP contribution < -0.4 is 5.73 Å². The summed E-state index contributed by atoms with van der Waals surface area (Å²) in [6, 6.07) is 10.7. The fourth-order valence-corrected chi connectivity index (χ4v) is 2.47. The summed E-state index contributed by atoms with van der Waals surface area (Å²) in [7, 11) is 0. The summed E-state index contributed by atoms with van der Waals surface area (Å²) in [5.41, 5.74) is 4.58. The Kier molecular flexibility index (Phi) is 4.37. The molecule has 8 heteroatoms. The minimum Gasteiger partial charge on any atom is -0.409 e. The highest BCUT2D eigenvalue weighted by atomic mass is 32.2. The number of pyridine rings is 1. The van der Waals surface area contributed by atoms with E-state index < -0.39 is 11.9 Å². The smallest absolute Gasteiger partial charge is 0.409 e. The number of halogens is 3. The van der Waals surface area contributed by atoms with Crippen molar-refractivity contribution in [1.82, 2.24) is 4.98 Å². The monoisotopic (exact) mass is 313 g/mol. The Morgan fingerprint density at radius 2 is 1.81 bits per heavy atom. The van der Waals surface area contributed by atoms with Gasteiger partial charge < -0.3 is 10.9 Å². The molecule has 0 saturated heterocycles. The van der Waals surface area contributed by atoms with Gasteiger partial charge in [-0.3, -0.25) is 0 Å². The number of alkyl halides is 3. The molecule has 0 atom stereocenters. The zero-order chi connectivity index (χ0) is 15.5. The fraction of sp³-hybridized carbons (Fsp3) is 0.0769. The van der Waals surface area contributed by atoms with E-state index in [9.17, 15) is 13.2 Å². The number of nitrogens with zero attached hydrogens (tertiary/aromatic N) is 2. The van der Waals surface area contributed by atoms with Crippen molar-refractivity contribution in [3.8, 4) is 0 Å². The Bertz CT molecular complexity index is 659. The summed E-state index contributed by atoms with van der Waals surface area (Å²) in [6.07, 6.45) is -4.56. The van der Waals surface area contributed by atoms with Crippen LogP contribution in [0.5, 0.6) is 0 Å². The van der Waals surface area contributed by atoms with Crippen LogP contribution in [0.4, 0.5) is 13.2 Å². The van der Waals surface area contributed by atoms with Gasteiger partial charge in [0.2, 0.25) is 0 Å². The Morgan fingerprint density at radius 3 is 2.38 bits per heavy atom. The van der Waals surface area contributed by atoms with Crippen molar-refractivity contribution in [3.05, 3.63) is 53.7 Å². The second kappa shape index (κ2) is 6.04. The molecule has 21 heavy (non-hydrogen) atoms. The van der Waals surface area contributed by atoms with Gasteiger partial charge in [0, 0.05) is 4.90 Å². The van der Waals surface area contributed by atoms with Gasteiger partial charge in [0.25, 0.3) is 0 Å². The lowest BCUT2D eigenvalue weighted by molar-refractivity contribution is -0.141. The van der Waals surface area contributed by atoms with Gasteiger partial charge in [-0.15, -0.1) is 0 Å². The first-order valence-electron chi connectivity index (χ1n) is 5.71. The van der Waals surface area contributed by atoms with Gasteiger partial charge in [-0.25, -0.2) is 4.98 Å². The Hall–Kier alpha value is -2.22. The number of amidine groups is 1. The highest BCUT2D eigenvalue weighted by Crippen LogP contribution is 2.33.